The fraction of sp³-hybridized carbons (Fsp3) is 0.273. The molecule has 1 heterocycles. The van der Waals surface area contributed by atoms with Crippen LogP contribution in [0.25, 0.3) is 5.69 Å². The highest BCUT2D eigenvalue weighted by Crippen LogP contribution is 2.23. The Morgan fingerprint density at radius 2 is 1.75 bits per heavy atom. The Morgan fingerprint density at radius 1 is 1.11 bits per heavy atom. The Morgan fingerprint density at radius 3 is 2.43 bits per heavy atom. The predicted molar refractivity (Wildman–Crippen MR) is 111 cm³/mol. The molecule has 1 N–H and O–H groups in total. The Balaban J connectivity index is 1.76. The van der Waals surface area contributed by atoms with Gasteiger partial charge >= 0.3 is 0 Å². The molecule has 2 aromatic carbocycles. The second kappa shape index (κ2) is 9.04. The highest BCUT2D eigenvalue weighted by molar-refractivity contribution is 6.33. The minimum atomic E-state index is -0.246. The van der Waals surface area contributed by atoms with Crippen LogP contribution in [0.5, 0.6) is 0 Å². The van der Waals surface area contributed by atoms with Gasteiger partial charge < -0.3 is 10.1 Å². The van der Waals surface area contributed by atoms with E-state index in [1.807, 2.05) is 68.4 Å². The zero-order valence-electron chi connectivity index (χ0n) is 16.3. The van der Waals surface area contributed by atoms with Crippen molar-refractivity contribution in [3.63, 3.8) is 0 Å². The van der Waals surface area contributed by atoms with Crippen molar-refractivity contribution in [2.24, 2.45) is 0 Å². The molecule has 0 bridgehead atoms. The molecular weight excluding hydrogens is 374 g/mol. The van der Waals surface area contributed by atoms with Gasteiger partial charge in [0.2, 0.25) is 0 Å². The van der Waals surface area contributed by atoms with E-state index < -0.39 is 0 Å². The molecule has 1 amide bonds. The molecule has 146 valence electrons. The molecule has 0 fully saturated rings. The van der Waals surface area contributed by atoms with Gasteiger partial charge in [-0.3, -0.25) is 4.79 Å². The summed E-state index contributed by atoms with van der Waals surface area (Å²) < 4.78 is 7.28. The molecule has 0 unspecified atom stereocenters. The topological polar surface area (TPSA) is 56.2 Å². The molecule has 0 spiro atoms. The number of nitrogens with one attached hydrogen (secondary N) is 1. The number of halogens is 1. The Labute approximate surface area is 170 Å². The highest BCUT2D eigenvalue weighted by atomic mass is 35.5. The Kier molecular flexibility index (Phi) is 6.49. The summed E-state index contributed by atoms with van der Waals surface area (Å²) in [5.41, 5.74) is 3.86. The van der Waals surface area contributed by atoms with E-state index in [0.717, 1.165) is 16.8 Å². The largest absolute Gasteiger partial charge is 0.374 e. The summed E-state index contributed by atoms with van der Waals surface area (Å²) in [7, 11) is 0. The van der Waals surface area contributed by atoms with Crippen molar-refractivity contribution in [1.82, 2.24) is 15.1 Å². The lowest BCUT2D eigenvalue weighted by atomic mass is 10.1. The van der Waals surface area contributed by atoms with Gasteiger partial charge in [-0.25, -0.2) is 4.68 Å². The molecule has 6 heteroatoms. The smallest absolute Gasteiger partial charge is 0.256 e. The summed E-state index contributed by atoms with van der Waals surface area (Å²) in [6, 6.07) is 17.4. The van der Waals surface area contributed by atoms with E-state index in [2.05, 4.69) is 10.4 Å². The number of aromatic nitrogens is 2. The van der Waals surface area contributed by atoms with Crippen LogP contribution in [0, 0.1) is 6.92 Å². The molecule has 0 aliphatic rings. The third kappa shape index (κ3) is 4.61. The lowest BCUT2D eigenvalue weighted by molar-refractivity contribution is 0.0651. The minimum Gasteiger partial charge on any atom is -0.374 e. The number of ether oxygens (including phenoxy) is 1. The average Bonchev–Trinajstić information content (AvgIpc) is 3.00. The summed E-state index contributed by atoms with van der Waals surface area (Å²) in [6.07, 6.45) is 0.146. The molecule has 0 aliphatic heterocycles. The van der Waals surface area contributed by atoms with Crippen LogP contribution in [0.15, 0.2) is 54.6 Å². The number of carbonyl (C=O) groups is 1. The van der Waals surface area contributed by atoms with Gasteiger partial charge in [-0.15, -0.1) is 0 Å². The first-order valence-corrected chi connectivity index (χ1v) is 9.62. The fourth-order valence-electron chi connectivity index (χ4n) is 2.89. The fourth-order valence-corrected chi connectivity index (χ4v) is 3.25. The maximum absolute atomic E-state index is 12.8. The van der Waals surface area contributed by atoms with Crippen molar-refractivity contribution in [3.8, 4) is 5.69 Å². The molecule has 28 heavy (non-hydrogen) atoms. The van der Waals surface area contributed by atoms with Gasteiger partial charge in [-0.1, -0.05) is 54.1 Å². The monoisotopic (exact) mass is 397 g/mol. The molecule has 0 saturated heterocycles. The maximum atomic E-state index is 12.8. The molecule has 1 aromatic heterocycles. The van der Waals surface area contributed by atoms with Crippen LogP contribution in [-0.2, 0) is 17.9 Å². The number of benzene rings is 2. The molecular formula is C22H24ClN3O2. The van der Waals surface area contributed by atoms with Gasteiger partial charge in [0.25, 0.3) is 5.91 Å². The average molecular weight is 398 g/mol. The van der Waals surface area contributed by atoms with E-state index >= 15 is 0 Å². The number of aryl methyl sites for hydroxylation is 1. The van der Waals surface area contributed by atoms with E-state index in [1.54, 1.807) is 11.6 Å². The van der Waals surface area contributed by atoms with E-state index in [0.29, 0.717) is 29.6 Å². The molecule has 0 aliphatic carbocycles. The van der Waals surface area contributed by atoms with Crippen molar-refractivity contribution in [2.75, 3.05) is 0 Å². The van der Waals surface area contributed by atoms with Crippen LogP contribution >= 0.6 is 11.6 Å². The predicted octanol–water partition coefficient (Wildman–Crippen LogP) is 4.69. The molecule has 3 aromatic rings. The van der Waals surface area contributed by atoms with Crippen LogP contribution in [0.3, 0.4) is 0 Å². The summed E-state index contributed by atoms with van der Waals surface area (Å²) in [5, 5.41) is 7.69. The first-order chi connectivity index (χ1) is 13.5. The first-order valence-electron chi connectivity index (χ1n) is 9.24. The highest BCUT2D eigenvalue weighted by Gasteiger charge is 2.21. The van der Waals surface area contributed by atoms with Crippen LogP contribution in [-0.4, -0.2) is 21.8 Å². The van der Waals surface area contributed by atoms with E-state index in [-0.39, 0.29) is 12.0 Å². The van der Waals surface area contributed by atoms with Gasteiger partial charge in [0.05, 0.1) is 29.7 Å². The van der Waals surface area contributed by atoms with Crippen LogP contribution in [0.1, 0.15) is 41.0 Å². The molecule has 5 nitrogen and oxygen atoms in total. The molecule has 0 saturated carbocycles. The summed E-state index contributed by atoms with van der Waals surface area (Å²) in [4.78, 5) is 12.8. The number of hydrogen-bond acceptors (Lipinski definition) is 3. The zero-order chi connectivity index (χ0) is 20.1. The number of rotatable bonds is 7. The maximum Gasteiger partial charge on any atom is 0.256 e. The number of hydrogen-bond donors (Lipinski definition) is 1. The van der Waals surface area contributed by atoms with Crippen LogP contribution < -0.4 is 5.32 Å². The van der Waals surface area contributed by atoms with Gasteiger partial charge in [0, 0.05) is 6.54 Å². The quantitative estimate of drug-likeness (QED) is 0.629. The first kappa shape index (κ1) is 20.1. The molecule has 0 atom stereocenters. The Bertz CT molecular complexity index is 952. The second-order valence-corrected chi connectivity index (χ2v) is 7.17. The lowest BCUT2D eigenvalue weighted by Gasteiger charge is -2.13. The molecule has 3 rings (SSSR count). The van der Waals surface area contributed by atoms with Gasteiger partial charge in [-0.05, 0) is 44.0 Å². The van der Waals surface area contributed by atoms with Gasteiger partial charge in [-0.2, -0.15) is 5.10 Å². The van der Waals surface area contributed by atoms with Crippen LogP contribution in [0.4, 0.5) is 0 Å². The van der Waals surface area contributed by atoms with E-state index in [4.69, 9.17) is 16.3 Å². The van der Waals surface area contributed by atoms with E-state index in [1.165, 1.54) is 0 Å². The normalized spacial score (nSPS) is 11.0. The van der Waals surface area contributed by atoms with Gasteiger partial charge in [0.15, 0.2) is 0 Å². The number of carbonyl (C=O) groups excluding carboxylic acids is 1. The van der Waals surface area contributed by atoms with Crippen molar-refractivity contribution in [2.45, 2.75) is 40.0 Å². The summed E-state index contributed by atoms with van der Waals surface area (Å²) in [6.45, 7) is 6.68. The standard InChI is InChI=1S/C22H24ClN3O2/c1-15(2)28-14-18-10-8-7-9-17(18)13-24-22(27)20-16(3)25-26(21(20)23)19-11-5-4-6-12-19/h4-12,15H,13-14H2,1-3H3,(H,24,27). The summed E-state index contributed by atoms with van der Waals surface area (Å²) >= 11 is 6.48. The van der Waals surface area contributed by atoms with Crippen molar-refractivity contribution in [3.05, 3.63) is 82.1 Å². The second-order valence-electron chi connectivity index (χ2n) is 6.81. The number of amides is 1. The van der Waals surface area contributed by atoms with Crippen molar-refractivity contribution in [1.29, 1.82) is 0 Å². The Hall–Kier alpha value is -2.63. The molecule has 0 radical (unpaired) electrons. The zero-order valence-corrected chi connectivity index (χ0v) is 17.0. The minimum absolute atomic E-state index is 0.146. The van der Waals surface area contributed by atoms with Crippen molar-refractivity contribution >= 4 is 17.5 Å². The van der Waals surface area contributed by atoms with E-state index in [9.17, 15) is 4.79 Å². The summed E-state index contributed by atoms with van der Waals surface area (Å²) in [5.74, 6) is -0.246. The SMILES string of the molecule is Cc1nn(-c2ccccc2)c(Cl)c1C(=O)NCc1ccccc1COC(C)C. The number of para-hydroxylation sites is 1. The third-order valence-electron chi connectivity index (χ3n) is 4.36. The lowest BCUT2D eigenvalue weighted by Crippen LogP contribution is -2.24. The number of nitrogens with zero attached hydrogens (tertiary/aromatic N) is 2. The van der Waals surface area contributed by atoms with Gasteiger partial charge in [0.1, 0.15) is 5.15 Å². The van der Waals surface area contributed by atoms with Crippen molar-refractivity contribution < 1.29 is 9.53 Å². The third-order valence-corrected chi connectivity index (χ3v) is 4.71. The van der Waals surface area contributed by atoms with Crippen LogP contribution in [0.2, 0.25) is 5.15 Å².